The molecule has 4 aromatic rings. The number of carbonyl (C=O) groups excluding carboxylic acids is 5. The number of alkyl halides is 1. The molecule has 1 saturated heterocycles. The summed E-state index contributed by atoms with van der Waals surface area (Å²) < 4.78 is 42.9. The average Bonchev–Trinajstić information content (AvgIpc) is 3.46. The number of benzene rings is 3. The second kappa shape index (κ2) is 19.3. The summed E-state index contributed by atoms with van der Waals surface area (Å²) in [6.07, 6.45) is 4.53. The number of carbonyl (C=O) groups is 5. The van der Waals surface area contributed by atoms with Crippen molar-refractivity contribution < 1.29 is 46.6 Å². The molecule has 3 N–H and O–H groups in total. The second-order valence-corrected chi connectivity index (χ2v) is 17.4. The first kappa shape index (κ1) is 44.8. The molecule has 0 aliphatic carbocycles. The Kier molecular flexibility index (Phi) is 14.2. The number of fused-ring (bicyclic) bond motifs is 1. The fraction of sp³-hybridized carbons (Fsp3) is 0.357. The lowest BCUT2D eigenvalue weighted by molar-refractivity contribution is -0.136. The molecule has 5 amide bonds. The number of imide groups is 2. The van der Waals surface area contributed by atoms with Crippen LogP contribution in [0.15, 0.2) is 66.9 Å². The first-order valence-electron chi connectivity index (χ1n) is 19.4. The zero-order valence-electron chi connectivity index (χ0n) is 33.6. The number of sulfonamides is 1. The molecule has 0 saturated carbocycles. The Labute approximate surface area is 362 Å². The Hall–Kier alpha value is -5.78. The van der Waals surface area contributed by atoms with E-state index >= 15 is 0 Å². The number of amides is 5. The van der Waals surface area contributed by atoms with Crippen LogP contribution >= 0.6 is 23.2 Å². The van der Waals surface area contributed by atoms with Crippen molar-refractivity contribution in [1.29, 1.82) is 0 Å². The largest absolute Gasteiger partial charge is 0.494 e. The van der Waals surface area contributed by atoms with E-state index in [1.165, 1.54) is 18.3 Å². The predicted molar refractivity (Wildman–Crippen MR) is 226 cm³/mol. The van der Waals surface area contributed by atoms with E-state index in [9.17, 15) is 32.4 Å². The Morgan fingerprint density at radius 3 is 2.36 bits per heavy atom. The maximum atomic E-state index is 13.6. The molecular formula is C42H44Cl2N6O10S. The minimum Gasteiger partial charge on any atom is -0.494 e. The molecule has 0 spiro atoms. The van der Waals surface area contributed by atoms with E-state index in [4.69, 9.17) is 37.4 Å². The Bertz CT molecular complexity index is 2450. The topological polar surface area (TPSA) is 212 Å². The van der Waals surface area contributed by atoms with Crippen molar-refractivity contribution in [3.63, 3.8) is 0 Å². The van der Waals surface area contributed by atoms with Gasteiger partial charge in [0.25, 0.3) is 17.7 Å². The Balaban J connectivity index is 1.01. The van der Waals surface area contributed by atoms with Crippen molar-refractivity contribution in [2.24, 2.45) is 0 Å². The number of aromatic nitrogens is 2. The van der Waals surface area contributed by atoms with Crippen molar-refractivity contribution in [3.05, 3.63) is 105 Å². The molecule has 6 rings (SSSR count). The van der Waals surface area contributed by atoms with Crippen LogP contribution in [0, 0.1) is 0 Å². The van der Waals surface area contributed by atoms with E-state index in [0.29, 0.717) is 49.6 Å². The molecule has 1 atom stereocenters. The van der Waals surface area contributed by atoms with Crippen LogP contribution in [0.3, 0.4) is 0 Å². The summed E-state index contributed by atoms with van der Waals surface area (Å²) in [6, 6.07) is 16.1. The summed E-state index contributed by atoms with van der Waals surface area (Å²) in [5.41, 5.74) is 2.11. The molecule has 16 nitrogen and oxygen atoms in total. The third-order valence-corrected chi connectivity index (χ3v) is 11.1. The van der Waals surface area contributed by atoms with Crippen molar-refractivity contribution in [2.75, 3.05) is 36.6 Å². The van der Waals surface area contributed by atoms with Crippen molar-refractivity contribution in [2.45, 2.75) is 64.0 Å². The third kappa shape index (κ3) is 10.9. The van der Waals surface area contributed by atoms with Crippen LogP contribution < -0.4 is 29.6 Å². The van der Waals surface area contributed by atoms with Gasteiger partial charge in [-0.3, -0.25) is 38.9 Å². The summed E-state index contributed by atoms with van der Waals surface area (Å²) in [7, 11) is -3.53. The number of unbranched alkanes of at least 4 members (excludes halogenated alkanes) is 2. The minimum absolute atomic E-state index is 0.0365. The van der Waals surface area contributed by atoms with Gasteiger partial charge in [-0.15, -0.1) is 11.6 Å². The lowest BCUT2D eigenvalue weighted by Crippen LogP contribution is -2.54. The van der Waals surface area contributed by atoms with Crippen LogP contribution in [-0.2, 0) is 31.6 Å². The highest BCUT2D eigenvalue weighted by Crippen LogP contribution is 2.39. The van der Waals surface area contributed by atoms with Gasteiger partial charge in [-0.05, 0) is 85.3 Å². The van der Waals surface area contributed by atoms with Gasteiger partial charge in [0, 0.05) is 24.6 Å². The molecule has 0 radical (unpaired) electrons. The highest BCUT2D eigenvalue weighted by molar-refractivity contribution is 7.92. The zero-order chi connectivity index (χ0) is 43.9. The lowest BCUT2D eigenvalue weighted by atomic mass is 9.77. The maximum absolute atomic E-state index is 13.6. The molecule has 0 bridgehead atoms. The summed E-state index contributed by atoms with van der Waals surface area (Å²) >= 11 is 12.7. The lowest BCUT2D eigenvalue weighted by Gasteiger charge is -2.28. The van der Waals surface area contributed by atoms with Gasteiger partial charge in [-0.25, -0.2) is 18.4 Å². The average molecular weight is 896 g/mol. The van der Waals surface area contributed by atoms with Gasteiger partial charge >= 0.3 is 0 Å². The van der Waals surface area contributed by atoms with Gasteiger partial charge in [0.05, 0.1) is 46.1 Å². The molecule has 1 fully saturated rings. The van der Waals surface area contributed by atoms with Crippen molar-refractivity contribution >= 4 is 68.7 Å². The first-order chi connectivity index (χ1) is 29.0. The highest BCUT2D eigenvalue weighted by Gasteiger charge is 2.44. The number of hydrogen-bond acceptors (Lipinski definition) is 12. The van der Waals surface area contributed by atoms with E-state index in [2.05, 4.69) is 25.3 Å². The number of halogens is 2. The molecule has 19 heteroatoms. The molecule has 3 aromatic carbocycles. The van der Waals surface area contributed by atoms with Crippen molar-refractivity contribution in [3.8, 4) is 17.2 Å². The molecule has 2 aliphatic heterocycles. The van der Waals surface area contributed by atoms with Gasteiger partial charge in [0.2, 0.25) is 27.8 Å². The summed E-state index contributed by atoms with van der Waals surface area (Å²) in [4.78, 5) is 72.6. The standard InChI is InChI=1S/C42H44Cl2N6O10S/c1-42(2,25-7-9-28(10-8-25)60-24-27-15-18-46-41(47-27)49-61(3,56)57)26-21-32(36(33(44)22-26)59-20-16-43)37(52)45-17-5-4-6-19-58-29-11-12-30-31(23-29)40(55)50(39(30)54)34-13-14-35(51)48-38(34)53/h7-12,15,18,21-23,34H,4-6,13-14,16-17,19-20,24H2,1-3H3,(H,45,52)(H,46,47,49)(H,48,51,53). The second-order valence-electron chi connectivity index (χ2n) is 14.9. The molecule has 1 unspecified atom stereocenters. The zero-order valence-corrected chi connectivity index (χ0v) is 35.9. The fourth-order valence-corrected chi connectivity index (χ4v) is 7.61. The molecule has 3 heterocycles. The summed E-state index contributed by atoms with van der Waals surface area (Å²) in [5.74, 6) is -1.35. The van der Waals surface area contributed by atoms with Crippen LogP contribution in [0.4, 0.5) is 5.95 Å². The smallest absolute Gasteiger partial charge is 0.262 e. The van der Waals surface area contributed by atoms with E-state index in [1.807, 2.05) is 26.0 Å². The van der Waals surface area contributed by atoms with Crippen LogP contribution in [0.1, 0.15) is 93.8 Å². The molecule has 61 heavy (non-hydrogen) atoms. The number of hydrogen-bond donors (Lipinski definition) is 3. The minimum atomic E-state index is -3.53. The normalized spacial score (nSPS) is 15.3. The van der Waals surface area contributed by atoms with Crippen LogP contribution in [-0.4, -0.2) is 90.8 Å². The number of ether oxygens (including phenoxy) is 3. The molecular weight excluding hydrogens is 851 g/mol. The number of nitrogens with zero attached hydrogens (tertiary/aromatic N) is 3. The first-order valence-corrected chi connectivity index (χ1v) is 22.2. The predicted octanol–water partition coefficient (Wildman–Crippen LogP) is 5.40. The fourth-order valence-electron chi connectivity index (χ4n) is 6.82. The van der Waals surface area contributed by atoms with E-state index in [0.717, 1.165) is 22.3 Å². The molecule has 322 valence electrons. The van der Waals surface area contributed by atoms with Crippen LogP contribution in [0.2, 0.25) is 5.02 Å². The van der Waals surface area contributed by atoms with E-state index in [-0.39, 0.29) is 71.3 Å². The van der Waals surface area contributed by atoms with Gasteiger partial charge in [-0.1, -0.05) is 37.6 Å². The van der Waals surface area contributed by atoms with Gasteiger partial charge < -0.3 is 19.5 Å². The molecule has 2 aliphatic rings. The van der Waals surface area contributed by atoms with Crippen LogP contribution in [0.25, 0.3) is 0 Å². The highest BCUT2D eigenvalue weighted by atomic mass is 35.5. The maximum Gasteiger partial charge on any atom is 0.262 e. The number of rotatable bonds is 19. The van der Waals surface area contributed by atoms with E-state index < -0.39 is 45.1 Å². The number of anilines is 1. The Morgan fingerprint density at radius 1 is 0.902 bits per heavy atom. The van der Waals surface area contributed by atoms with Crippen LogP contribution in [0.5, 0.6) is 17.2 Å². The SMILES string of the molecule is CC(C)(c1ccc(OCc2ccnc(NS(C)(=O)=O)n2)cc1)c1cc(Cl)c(OCCCl)c(C(=O)NCCCCCOc2ccc3c(c2)C(=O)N(C2CCC(=O)NC2=O)C3=O)c1. The summed E-state index contributed by atoms with van der Waals surface area (Å²) in [5, 5.41) is 5.40. The van der Waals surface area contributed by atoms with Gasteiger partial charge in [0.1, 0.15) is 30.8 Å². The third-order valence-electron chi connectivity index (χ3n) is 10.1. The monoisotopic (exact) mass is 894 g/mol. The van der Waals surface area contributed by atoms with Gasteiger partial charge in [-0.2, -0.15) is 0 Å². The van der Waals surface area contributed by atoms with Crippen molar-refractivity contribution in [1.82, 2.24) is 25.5 Å². The number of piperidine rings is 1. The summed E-state index contributed by atoms with van der Waals surface area (Å²) in [6.45, 7) is 4.90. The Morgan fingerprint density at radius 2 is 1.64 bits per heavy atom. The number of nitrogens with one attached hydrogen (secondary N) is 3. The molecule has 1 aromatic heterocycles. The quantitative estimate of drug-likeness (QED) is 0.0613. The van der Waals surface area contributed by atoms with E-state index in [1.54, 1.807) is 36.4 Å². The van der Waals surface area contributed by atoms with Gasteiger partial charge in [0.15, 0.2) is 5.75 Å².